The molecule has 0 spiro atoms. The molecule has 2 fully saturated rings. The van der Waals surface area contributed by atoms with Gasteiger partial charge in [0.1, 0.15) is 17.1 Å². The molecule has 34 heavy (non-hydrogen) atoms. The first-order valence-electron chi connectivity index (χ1n) is 13.1. The van der Waals surface area contributed by atoms with E-state index in [-0.39, 0.29) is 24.0 Å². The van der Waals surface area contributed by atoms with E-state index in [0.29, 0.717) is 12.3 Å². The minimum Gasteiger partial charge on any atom is -0.482 e. The molecule has 5 rings (SSSR count). The molecular formula is C28H40ClNO3S. The van der Waals surface area contributed by atoms with E-state index in [4.69, 9.17) is 9.47 Å². The van der Waals surface area contributed by atoms with E-state index in [9.17, 15) is 4.79 Å². The van der Waals surface area contributed by atoms with E-state index in [0.717, 1.165) is 48.1 Å². The predicted molar refractivity (Wildman–Crippen MR) is 143 cm³/mol. The van der Waals surface area contributed by atoms with Crippen molar-refractivity contribution in [1.82, 2.24) is 4.90 Å². The van der Waals surface area contributed by atoms with Gasteiger partial charge in [-0.2, -0.15) is 0 Å². The Balaban J connectivity index is 0.00000274. The third-order valence-electron chi connectivity index (χ3n) is 7.66. The zero-order chi connectivity index (χ0) is 23.0. The van der Waals surface area contributed by atoms with E-state index in [2.05, 4.69) is 37.8 Å². The van der Waals surface area contributed by atoms with Crippen molar-refractivity contribution in [2.24, 2.45) is 5.92 Å². The molecule has 1 saturated heterocycles. The Morgan fingerprint density at radius 3 is 2.74 bits per heavy atom. The second kappa shape index (κ2) is 10.8. The molecule has 0 bridgehead atoms. The maximum Gasteiger partial charge on any atom is 0.311 e. The smallest absolute Gasteiger partial charge is 0.311 e. The summed E-state index contributed by atoms with van der Waals surface area (Å²) in [5.74, 6) is 3.88. The van der Waals surface area contributed by atoms with Crippen molar-refractivity contribution in [2.75, 3.05) is 25.4 Å². The number of allylic oxidation sites excluding steroid dienone is 1. The normalized spacial score (nSPS) is 22.3. The molecule has 1 saturated carbocycles. The highest BCUT2D eigenvalue weighted by molar-refractivity contribution is 8.03. The molecule has 1 atom stereocenters. The van der Waals surface area contributed by atoms with Crippen LogP contribution >= 0.6 is 24.2 Å². The number of halogens is 1. The van der Waals surface area contributed by atoms with Crippen LogP contribution in [0.15, 0.2) is 17.0 Å². The van der Waals surface area contributed by atoms with Crippen molar-refractivity contribution in [1.29, 1.82) is 0 Å². The van der Waals surface area contributed by atoms with Gasteiger partial charge in [-0.15, -0.1) is 24.2 Å². The van der Waals surface area contributed by atoms with Crippen molar-refractivity contribution in [3.05, 3.63) is 28.2 Å². The number of nitrogens with zero attached hydrogens (tertiary/aromatic N) is 1. The number of piperidine rings is 1. The summed E-state index contributed by atoms with van der Waals surface area (Å²) >= 11 is 1.89. The van der Waals surface area contributed by atoms with Gasteiger partial charge >= 0.3 is 5.97 Å². The average Bonchev–Trinajstić information content (AvgIpc) is 3.44. The minimum absolute atomic E-state index is 0. The SMILES string of the molecule is CC(CC1CC1)c1cc(OC(=O)CCCN2CCCCC2)c2c(c1)OC(C)(C)C1=C2CCS1.Cl. The van der Waals surface area contributed by atoms with Crippen LogP contribution in [0.2, 0.25) is 0 Å². The zero-order valence-corrected chi connectivity index (χ0v) is 22.6. The van der Waals surface area contributed by atoms with Crippen molar-refractivity contribution in [3.8, 4) is 11.5 Å². The zero-order valence-electron chi connectivity index (χ0n) is 21.0. The molecule has 3 aliphatic heterocycles. The van der Waals surface area contributed by atoms with Crippen LogP contribution < -0.4 is 9.47 Å². The molecular weight excluding hydrogens is 466 g/mol. The van der Waals surface area contributed by atoms with Crippen LogP contribution in [-0.2, 0) is 4.79 Å². The van der Waals surface area contributed by atoms with Gasteiger partial charge in [0.25, 0.3) is 0 Å². The highest BCUT2D eigenvalue weighted by atomic mass is 35.5. The van der Waals surface area contributed by atoms with E-state index in [1.807, 2.05) is 11.8 Å². The van der Waals surface area contributed by atoms with Crippen molar-refractivity contribution in [3.63, 3.8) is 0 Å². The summed E-state index contributed by atoms with van der Waals surface area (Å²) in [6.07, 6.45) is 10.2. The van der Waals surface area contributed by atoms with Crippen LogP contribution in [0.1, 0.15) is 95.6 Å². The van der Waals surface area contributed by atoms with Crippen molar-refractivity contribution < 1.29 is 14.3 Å². The van der Waals surface area contributed by atoms with Crippen LogP contribution in [0.4, 0.5) is 0 Å². The second-order valence-electron chi connectivity index (χ2n) is 11.0. The van der Waals surface area contributed by atoms with Crippen LogP contribution in [0.5, 0.6) is 11.5 Å². The molecule has 188 valence electrons. The van der Waals surface area contributed by atoms with E-state index < -0.39 is 0 Å². The van der Waals surface area contributed by atoms with Crippen molar-refractivity contribution in [2.45, 2.75) is 90.1 Å². The molecule has 0 N–H and O–H groups in total. The molecule has 0 aromatic heterocycles. The number of hydrogen-bond donors (Lipinski definition) is 0. The van der Waals surface area contributed by atoms with E-state index in [1.165, 1.54) is 67.7 Å². The Hall–Kier alpha value is -1.17. The Bertz CT molecular complexity index is 934. The highest BCUT2D eigenvalue weighted by Crippen LogP contribution is 2.54. The third kappa shape index (κ3) is 5.79. The number of rotatable bonds is 8. The topological polar surface area (TPSA) is 38.8 Å². The van der Waals surface area contributed by atoms with Gasteiger partial charge < -0.3 is 14.4 Å². The fourth-order valence-electron chi connectivity index (χ4n) is 5.70. The molecule has 4 aliphatic rings. The number of fused-ring (bicyclic) bond motifs is 2. The van der Waals surface area contributed by atoms with Crippen molar-refractivity contribution >= 4 is 35.7 Å². The lowest BCUT2D eigenvalue weighted by atomic mass is 9.88. The predicted octanol–water partition coefficient (Wildman–Crippen LogP) is 7.20. The highest BCUT2D eigenvalue weighted by Gasteiger charge is 2.40. The summed E-state index contributed by atoms with van der Waals surface area (Å²) < 4.78 is 12.7. The first kappa shape index (κ1) is 25.9. The lowest BCUT2D eigenvalue weighted by Gasteiger charge is -2.35. The summed E-state index contributed by atoms with van der Waals surface area (Å²) in [5.41, 5.74) is 3.27. The first-order valence-corrected chi connectivity index (χ1v) is 14.1. The van der Waals surface area contributed by atoms with Crippen LogP contribution in [0.25, 0.3) is 5.57 Å². The largest absolute Gasteiger partial charge is 0.482 e. The molecule has 3 heterocycles. The number of ether oxygens (including phenoxy) is 2. The lowest BCUT2D eigenvalue weighted by Crippen LogP contribution is -2.33. The summed E-state index contributed by atoms with van der Waals surface area (Å²) in [5, 5.41) is 0. The monoisotopic (exact) mass is 505 g/mol. The van der Waals surface area contributed by atoms with Gasteiger partial charge in [0.05, 0.1) is 5.56 Å². The number of benzene rings is 1. The Morgan fingerprint density at radius 1 is 1.24 bits per heavy atom. The summed E-state index contributed by atoms with van der Waals surface area (Å²) in [6.45, 7) is 9.96. The summed E-state index contributed by atoms with van der Waals surface area (Å²) in [4.78, 5) is 16.7. The van der Waals surface area contributed by atoms with Crippen LogP contribution in [0, 0.1) is 5.92 Å². The minimum atomic E-state index is -0.322. The third-order valence-corrected chi connectivity index (χ3v) is 9.09. The Labute approximate surface area is 215 Å². The lowest BCUT2D eigenvalue weighted by molar-refractivity contribution is -0.134. The van der Waals surface area contributed by atoms with Gasteiger partial charge in [-0.25, -0.2) is 0 Å². The van der Waals surface area contributed by atoms with Gasteiger partial charge in [0, 0.05) is 17.1 Å². The number of likely N-dealkylation sites (tertiary alicyclic amines) is 1. The average molecular weight is 506 g/mol. The maximum atomic E-state index is 12.9. The van der Waals surface area contributed by atoms with Crippen LogP contribution in [-0.4, -0.2) is 41.9 Å². The fourth-order valence-corrected chi connectivity index (χ4v) is 6.98. The Kier molecular flexibility index (Phi) is 8.26. The van der Waals surface area contributed by atoms with Crippen LogP contribution in [0.3, 0.4) is 0 Å². The number of esters is 1. The summed E-state index contributed by atoms with van der Waals surface area (Å²) in [6, 6.07) is 4.37. The summed E-state index contributed by atoms with van der Waals surface area (Å²) in [7, 11) is 0. The molecule has 1 aromatic rings. The number of hydrogen-bond acceptors (Lipinski definition) is 5. The first-order chi connectivity index (χ1) is 15.9. The number of carbonyl (C=O) groups is 1. The quantitative estimate of drug-likeness (QED) is 0.276. The molecule has 1 aromatic carbocycles. The fraction of sp³-hybridized carbons (Fsp3) is 0.679. The van der Waals surface area contributed by atoms with Gasteiger partial charge in [-0.3, -0.25) is 4.79 Å². The van der Waals surface area contributed by atoms with E-state index >= 15 is 0 Å². The van der Waals surface area contributed by atoms with Gasteiger partial charge in [0.15, 0.2) is 0 Å². The molecule has 1 aliphatic carbocycles. The molecule has 1 unspecified atom stereocenters. The molecule has 0 amide bonds. The second-order valence-corrected chi connectivity index (χ2v) is 12.1. The number of carbonyl (C=O) groups excluding carboxylic acids is 1. The van der Waals surface area contributed by atoms with E-state index in [1.54, 1.807) is 0 Å². The Morgan fingerprint density at radius 2 is 2.00 bits per heavy atom. The maximum absolute atomic E-state index is 12.9. The van der Waals surface area contributed by atoms with Gasteiger partial charge in [-0.1, -0.05) is 26.2 Å². The standard InChI is InChI=1S/C28H39NO3S.ClH/c1-19(16-20-9-10-20)21-17-23(31-25(30)8-7-14-29-12-5-4-6-13-29)26-22-11-15-33-27(22)28(2,3)32-24(26)18-21;/h17-20H,4-16H2,1-3H3;1H. The van der Waals surface area contributed by atoms with Gasteiger partial charge in [0.2, 0.25) is 0 Å². The molecule has 6 heteroatoms. The molecule has 4 nitrogen and oxygen atoms in total. The molecule has 0 radical (unpaired) electrons. The van der Waals surface area contributed by atoms with Gasteiger partial charge in [-0.05, 0) is 101 Å². The number of thioether (sulfide) groups is 1.